The van der Waals surface area contributed by atoms with Gasteiger partial charge in [0.1, 0.15) is 5.82 Å². The van der Waals surface area contributed by atoms with Gasteiger partial charge in [-0.3, -0.25) is 4.79 Å². The molecular weight excluding hydrogens is 415 g/mol. The number of halogens is 1. The summed E-state index contributed by atoms with van der Waals surface area (Å²) in [7, 11) is -1.98. The molecule has 3 rings (SSSR count). The number of aromatic nitrogens is 1. The first-order valence-corrected chi connectivity index (χ1v) is 11.3. The third kappa shape index (κ3) is 4.31. The Kier molecular flexibility index (Phi) is 6.30. The summed E-state index contributed by atoms with van der Waals surface area (Å²) in [4.78, 5) is 17.3. The SMILES string of the molecule is COCCn1c(=NC(=O)c2cccc(S(=O)(=O)C(C)C)c2)sc2cccc(F)c21. The number of thiazole rings is 1. The molecule has 0 aliphatic rings. The number of nitrogens with zero attached hydrogens (tertiary/aromatic N) is 2. The van der Waals surface area contributed by atoms with E-state index in [0.29, 0.717) is 28.2 Å². The summed E-state index contributed by atoms with van der Waals surface area (Å²) in [5.41, 5.74) is 0.514. The first kappa shape index (κ1) is 21.4. The molecule has 1 amide bonds. The van der Waals surface area contributed by atoms with Gasteiger partial charge in [-0.1, -0.05) is 23.5 Å². The molecule has 0 aliphatic carbocycles. The van der Waals surface area contributed by atoms with Crippen molar-refractivity contribution >= 4 is 37.3 Å². The zero-order chi connectivity index (χ0) is 21.2. The van der Waals surface area contributed by atoms with Crippen LogP contribution in [0.1, 0.15) is 24.2 Å². The van der Waals surface area contributed by atoms with Crippen molar-refractivity contribution in [3.63, 3.8) is 0 Å². The van der Waals surface area contributed by atoms with Crippen molar-refractivity contribution in [1.29, 1.82) is 0 Å². The van der Waals surface area contributed by atoms with E-state index in [-0.39, 0.29) is 10.5 Å². The second-order valence-corrected chi connectivity index (χ2v) is 10.2. The molecule has 0 radical (unpaired) electrons. The predicted octanol–water partition coefficient (Wildman–Crippen LogP) is 3.41. The van der Waals surface area contributed by atoms with E-state index in [2.05, 4.69) is 4.99 Å². The molecule has 0 unspecified atom stereocenters. The molecule has 0 fully saturated rings. The summed E-state index contributed by atoms with van der Waals surface area (Å²) in [6.07, 6.45) is 0. The van der Waals surface area contributed by atoms with Gasteiger partial charge in [0.15, 0.2) is 14.6 Å². The Morgan fingerprint density at radius 2 is 1.97 bits per heavy atom. The molecule has 0 bridgehead atoms. The van der Waals surface area contributed by atoms with Gasteiger partial charge in [-0.15, -0.1) is 0 Å². The summed E-state index contributed by atoms with van der Waals surface area (Å²) in [5, 5.41) is -0.605. The van der Waals surface area contributed by atoms with E-state index in [4.69, 9.17) is 4.74 Å². The summed E-state index contributed by atoms with van der Waals surface area (Å²) in [6, 6.07) is 10.5. The Morgan fingerprint density at radius 1 is 1.24 bits per heavy atom. The summed E-state index contributed by atoms with van der Waals surface area (Å²) in [6.45, 7) is 3.81. The summed E-state index contributed by atoms with van der Waals surface area (Å²) in [5.74, 6) is -1.00. The molecule has 0 N–H and O–H groups in total. The van der Waals surface area contributed by atoms with Crippen LogP contribution >= 0.6 is 11.3 Å². The van der Waals surface area contributed by atoms with E-state index in [0.717, 1.165) is 0 Å². The highest BCUT2D eigenvalue weighted by molar-refractivity contribution is 7.92. The van der Waals surface area contributed by atoms with Crippen LogP contribution in [0.4, 0.5) is 4.39 Å². The Bertz CT molecular complexity index is 1230. The Labute approximate surface area is 172 Å². The van der Waals surface area contributed by atoms with E-state index < -0.39 is 26.8 Å². The first-order chi connectivity index (χ1) is 13.8. The number of hydrogen-bond acceptors (Lipinski definition) is 5. The second-order valence-electron chi connectivity index (χ2n) is 6.65. The molecule has 3 aromatic rings. The molecule has 0 aliphatic heterocycles. The number of amides is 1. The van der Waals surface area contributed by atoms with E-state index in [1.165, 1.54) is 48.8 Å². The van der Waals surface area contributed by atoms with Gasteiger partial charge >= 0.3 is 0 Å². The largest absolute Gasteiger partial charge is 0.383 e. The van der Waals surface area contributed by atoms with E-state index >= 15 is 0 Å². The van der Waals surface area contributed by atoms with Gasteiger partial charge in [0, 0.05) is 19.2 Å². The molecule has 0 atom stereocenters. The summed E-state index contributed by atoms with van der Waals surface area (Å²) < 4.78 is 46.5. The number of fused-ring (bicyclic) bond motifs is 1. The van der Waals surface area contributed by atoms with Gasteiger partial charge in [0.2, 0.25) is 0 Å². The normalized spacial score (nSPS) is 12.8. The fourth-order valence-electron chi connectivity index (χ4n) is 2.79. The fraction of sp³-hybridized carbons (Fsp3) is 0.300. The van der Waals surface area contributed by atoms with Crippen molar-refractivity contribution in [3.05, 3.63) is 58.6 Å². The number of methoxy groups -OCH3 is 1. The van der Waals surface area contributed by atoms with Crippen LogP contribution in [0, 0.1) is 5.82 Å². The zero-order valence-corrected chi connectivity index (χ0v) is 17.9. The van der Waals surface area contributed by atoms with Crippen LogP contribution in [0.15, 0.2) is 52.4 Å². The molecular formula is C20H21FN2O4S2. The Balaban J connectivity index is 2.10. The molecule has 0 spiro atoms. The van der Waals surface area contributed by atoms with Crippen molar-refractivity contribution in [2.75, 3.05) is 13.7 Å². The molecule has 1 aromatic heterocycles. The van der Waals surface area contributed by atoms with Crippen molar-refractivity contribution in [2.24, 2.45) is 4.99 Å². The maximum atomic E-state index is 14.4. The lowest BCUT2D eigenvalue weighted by Gasteiger charge is -2.08. The summed E-state index contributed by atoms with van der Waals surface area (Å²) >= 11 is 1.19. The highest BCUT2D eigenvalue weighted by Crippen LogP contribution is 2.21. The van der Waals surface area contributed by atoms with Crippen LogP contribution in [0.5, 0.6) is 0 Å². The second kappa shape index (κ2) is 8.56. The van der Waals surface area contributed by atoms with Crippen molar-refractivity contribution in [1.82, 2.24) is 4.57 Å². The number of rotatable bonds is 6. The number of benzene rings is 2. The lowest BCUT2D eigenvalue weighted by Crippen LogP contribution is -2.20. The van der Waals surface area contributed by atoms with Crippen LogP contribution in [0.25, 0.3) is 10.2 Å². The first-order valence-electron chi connectivity index (χ1n) is 8.95. The highest BCUT2D eigenvalue weighted by atomic mass is 32.2. The van der Waals surface area contributed by atoms with Gasteiger partial charge in [-0.05, 0) is 44.2 Å². The third-order valence-electron chi connectivity index (χ3n) is 4.40. The molecule has 1 heterocycles. The van der Waals surface area contributed by atoms with Gasteiger partial charge in [0.25, 0.3) is 5.91 Å². The van der Waals surface area contributed by atoms with Crippen LogP contribution < -0.4 is 4.80 Å². The smallest absolute Gasteiger partial charge is 0.279 e. The number of carbonyl (C=O) groups is 1. The molecule has 6 nitrogen and oxygen atoms in total. The third-order valence-corrected chi connectivity index (χ3v) is 7.59. The Morgan fingerprint density at radius 3 is 2.66 bits per heavy atom. The Hall–Kier alpha value is -2.36. The average molecular weight is 437 g/mol. The van der Waals surface area contributed by atoms with Crippen LogP contribution in [0.2, 0.25) is 0 Å². The average Bonchev–Trinajstić information content (AvgIpc) is 3.04. The topological polar surface area (TPSA) is 77.7 Å². The minimum Gasteiger partial charge on any atom is -0.383 e. The van der Waals surface area contributed by atoms with Crippen LogP contribution in [-0.4, -0.2) is 37.9 Å². The lowest BCUT2D eigenvalue weighted by molar-refractivity contribution is 0.0997. The fourth-order valence-corrected chi connectivity index (χ4v) is 4.96. The van der Waals surface area contributed by atoms with Gasteiger partial charge < -0.3 is 9.30 Å². The standard InChI is InChI=1S/C20H21FN2O4S2/c1-13(2)29(25,26)15-7-4-6-14(12-15)19(24)22-20-23(10-11-27-3)18-16(21)8-5-9-17(18)28-20/h4-9,12-13H,10-11H2,1-3H3. The zero-order valence-electron chi connectivity index (χ0n) is 16.3. The number of sulfone groups is 1. The molecule has 0 saturated carbocycles. The molecule has 29 heavy (non-hydrogen) atoms. The minimum absolute atomic E-state index is 0.0724. The maximum absolute atomic E-state index is 14.4. The molecule has 9 heteroatoms. The molecule has 2 aromatic carbocycles. The van der Waals surface area contributed by atoms with E-state index in [9.17, 15) is 17.6 Å². The van der Waals surface area contributed by atoms with E-state index in [1.54, 1.807) is 30.5 Å². The quantitative estimate of drug-likeness (QED) is 0.593. The molecule has 0 saturated heterocycles. The van der Waals surface area contributed by atoms with Crippen molar-refractivity contribution < 1.29 is 22.3 Å². The number of ether oxygens (including phenoxy) is 1. The maximum Gasteiger partial charge on any atom is 0.279 e. The number of carbonyl (C=O) groups excluding carboxylic acids is 1. The lowest BCUT2D eigenvalue weighted by atomic mass is 10.2. The van der Waals surface area contributed by atoms with Crippen molar-refractivity contribution in [2.45, 2.75) is 30.5 Å². The molecule has 154 valence electrons. The minimum atomic E-state index is -3.51. The van der Waals surface area contributed by atoms with Gasteiger partial charge in [0.05, 0.1) is 27.0 Å². The van der Waals surface area contributed by atoms with Gasteiger partial charge in [-0.25, -0.2) is 12.8 Å². The van der Waals surface area contributed by atoms with Crippen LogP contribution in [0.3, 0.4) is 0 Å². The number of para-hydroxylation sites is 1. The number of hydrogen-bond donors (Lipinski definition) is 0. The monoisotopic (exact) mass is 436 g/mol. The van der Waals surface area contributed by atoms with Gasteiger partial charge in [-0.2, -0.15) is 4.99 Å². The highest BCUT2D eigenvalue weighted by Gasteiger charge is 2.20. The predicted molar refractivity (Wildman–Crippen MR) is 110 cm³/mol. The van der Waals surface area contributed by atoms with Crippen LogP contribution in [-0.2, 0) is 21.1 Å². The van der Waals surface area contributed by atoms with Crippen molar-refractivity contribution in [3.8, 4) is 0 Å². The van der Waals surface area contributed by atoms with E-state index in [1.807, 2.05) is 0 Å².